The van der Waals surface area contributed by atoms with E-state index >= 15 is 0 Å². The number of carbonyl (C=O) groups is 2. The molecule has 0 saturated carbocycles. The Morgan fingerprint density at radius 3 is 2.75 bits per heavy atom. The van der Waals surface area contributed by atoms with Crippen LogP contribution in [0.1, 0.15) is 6.42 Å². The molecule has 1 aliphatic heterocycles. The van der Waals surface area contributed by atoms with Crippen LogP contribution in [0.3, 0.4) is 0 Å². The minimum absolute atomic E-state index is 0.0109. The predicted octanol–water partition coefficient (Wildman–Crippen LogP) is -0.750. The van der Waals surface area contributed by atoms with Crippen molar-refractivity contribution in [1.82, 2.24) is 9.80 Å². The van der Waals surface area contributed by atoms with Crippen LogP contribution < -0.4 is 0 Å². The number of morpholine rings is 1. The van der Waals surface area contributed by atoms with Gasteiger partial charge in [-0.25, -0.2) is 4.79 Å². The van der Waals surface area contributed by atoms with E-state index in [1.807, 2.05) is 19.0 Å². The number of carboxylic acids is 1. The first kappa shape index (κ1) is 12.9. The van der Waals surface area contributed by atoms with Crippen LogP contribution in [-0.4, -0.2) is 73.2 Å². The lowest BCUT2D eigenvalue weighted by molar-refractivity contribution is -0.159. The molecule has 1 saturated heterocycles. The van der Waals surface area contributed by atoms with Gasteiger partial charge in [-0.3, -0.25) is 4.79 Å². The Bertz CT molecular complexity index is 268. The number of aliphatic carboxylic acids is 1. The van der Waals surface area contributed by atoms with E-state index in [0.29, 0.717) is 26.1 Å². The van der Waals surface area contributed by atoms with Crippen molar-refractivity contribution in [2.75, 3.05) is 40.3 Å². The first-order valence-electron chi connectivity index (χ1n) is 5.27. The molecule has 0 aromatic heterocycles. The summed E-state index contributed by atoms with van der Waals surface area (Å²) in [5.41, 5.74) is 0. The zero-order valence-electron chi connectivity index (χ0n) is 9.68. The number of hydrogen-bond donors (Lipinski definition) is 1. The summed E-state index contributed by atoms with van der Waals surface area (Å²) in [6.45, 7) is 1.61. The summed E-state index contributed by atoms with van der Waals surface area (Å²) in [5, 5.41) is 8.78. The zero-order chi connectivity index (χ0) is 12.1. The van der Waals surface area contributed by atoms with Gasteiger partial charge in [0.05, 0.1) is 13.2 Å². The lowest BCUT2D eigenvalue weighted by Crippen LogP contribution is -2.48. The highest BCUT2D eigenvalue weighted by molar-refractivity contribution is 5.78. The summed E-state index contributed by atoms with van der Waals surface area (Å²) in [6.07, 6.45) is -0.462. The van der Waals surface area contributed by atoms with Crippen molar-refractivity contribution in [3.63, 3.8) is 0 Å². The lowest BCUT2D eigenvalue weighted by Gasteiger charge is -2.31. The summed E-state index contributed by atoms with van der Waals surface area (Å²) in [5.74, 6) is -1.02. The summed E-state index contributed by atoms with van der Waals surface area (Å²) in [7, 11) is 3.79. The third-order valence-corrected chi connectivity index (χ3v) is 2.47. The van der Waals surface area contributed by atoms with E-state index in [9.17, 15) is 9.59 Å². The molecule has 1 fully saturated rings. The number of amides is 1. The largest absolute Gasteiger partial charge is 0.479 e. The predicted molar refractivity (Wildman–Crippen MR) is 57.1 cm³/mol. The Labute approximate surface area is 94.8 Å². The summed E-state index contributed by atoms with van der Waals surface area (Å²) in [4.78, 5) is 25.9. The molecule has 6 nitrogen and oxygen atoms in total. The molecule has 1 amide bonds. The first-order chi connectivity index (χ1) is 7.50. The van der Waals surface area contributed by atoms with E-state index in [0.717, 1.165) is 0 Å². The van der Waals surface area contributed by atoms with Gasteiger partial charge in [-0.05, 0) is 14.1 Å². The van der Waals surface area contributed by atoms with E-state index in [4.69, 9.17) is 9.84 Å². The van der Waals surface area contributed by atoms with E-state index in [1.165, 1.54) is 0 Å². The van der Waals surface area contributed by atoms with Crippen LogP contribution >= 0.6 is 0 Å². The van der Waals surface area contributed by atoms with Crippen molar-refractivity contribution in [3.05, 3.63) is 0 Å². The number of ether oxygens (including phenoxy) is 1. The molecule has 92 valence electrons. The standard InChI is InChI=1S/C10H18N2O4/c1-11(2)4-3-9(13)12-5-6-16-8(7-12)10(14)15/h8H,3-7H2,1-2H3,(H,14,15). The quantitative estimate of drug-likeness (QED) is 0.688. The number of hydrogen-bond acceptors (Lipinski definition) is 4. The topological polar surface area (TPSA) is 70.1 Å². The molecule has 1 aliphatic rings. The Morgan fingerprint density at radius 1 is 1.50 bits per heavy atom. The third-order valence-electron chi connectivity index (χ3n) is 2.47. The van der Waals surface area contributed by atoms with Crippen molar-refractivity contribution in [2.45, 2.75) is 12.5 Å². The number of carbonyl (C=O) groups excluding carboxylic acids is 1. The molecular formula is C10H18N2O4. The van der Waals surface area contributed by atoms with Gasteiger partial charge >= 0.3 is 5.97 Å². The van der Waals surface area contributed by atoms with Crippen molar-refractivity contribution in [2.24, 2.45) is 0 Å². The molecule has 1 N–H and O–H groups in total. The first-order valence-corrected chi connectivity index (χ1v) is 5.27. The molecule has 1 unspecified atom stereocenters. The van der Waals surface area contributed by atoms with Crippen molar-refractivity contribution >= 4 is 11.9 Å². The SMILES string of the molecule is CN(C)CCC(=O)N1CCOC(C(=O)O)C1. The molecule has 0 spiro atoms. The number of nitrogens with zero attached hydrogens (tertiary/aromatic N) is 2. The molecule has 0 aromatic carbocycles. The van der Waals surface area contributed by atoms with Gasteiger partial charge in [0.2, 0.25) is 5.91 Å². The van der Waals surface area contributed by atoms with Crippen LogP contribution in [-0.2, 0) is 14.3 Å². The summed E-state index contributed by atoms with van der Waals surface area (Å²) < 4.78 is 5.04. The fraction of sp³-hybridized carbons (Fsp3) is 0.800. The van der Waals surface area contributed by atoms with Crippen LogP contribution in [0.25, 0.3) is 0 Å². The monoisotopic (exact) mass is 230 g/mol. The van der Waals surface area contributed by atoms with Gasteiger partial charge in [-0.2, -0.15) is 0 Å². The van der Waals surface area contributed by atoms with Gasteiger partial charge in [0, 0.05) is 19.5 Å². The molecule has 16 heavy (non-hydrogen) atoms. The summed E-state index contributed by atoms with van der Waals surface area (Å²) in [6, 6.07) is 0. The minimum atomic E-state index is -1.01. The average Bonchev–Trinajstić information content (AvgIpc) is 2.26. The normalized spacial score (nSPS) is 21.2. The summed E-state index contributed by atoms with van der Waals surface area (Å²) >= 11 is 0. The van der Waals surface area contributed by atoms with Gasteiger partial charge in [0.1, 0.15) is 0 Å². The van der Waals surface area contributed by atoms with Crippen LogP contribution in [0.4, 0.5) is 0 Å². The van der Waals surface area contributed by atoms with Crippen molar-refractivity contribution in [3.8, 4) is 0 Å². The van der Waals surface area contributed by atoms with Gasteiger partial charge in [0.15, 0.2) is 6.10 Å². The number of carboxylic acid groups (broad SMARTS) is 1. The maximum atomic E-state index is 11.7. The molecule has 1 atom stereocenters. The lowest BCUT2D eigenvalue weighted by atomic mass is 10.2. The number of rotatable bonds is 4. The average molecular weight is 230 g/mol. The van der Waals surface area contributed by atoms with E-state index in [2.05, 4.69) is 0 Å². The van der Waals surface area contributed by atoms with E-state index in [1.54, 1.807) is 4.90 Å². The molecule has 6 heteroatoms. The second kappa shape index (κ2) is 5.81. The molecule has 0 aromatic rings. The second-order valence-corrected chi connectivity index (χ2v) is 4.09. The van der Waals surface area contributed by atoms with Gasteiger partial charge in [-0.1, -0.05) is 0 Å². The molecular weight excluding hydrogens is 212 g/mol. The second-order valence-electron chi connectivity index (χ2n) is 4.09. The fourth-order valence-corrected chi connectivity index (χ4v) is 1.50. The Balaban J connectivity index is 2.41. The van der Waals surface area contributed by atoms with Crippen LogP contribution in [0.15, 0.2) is 0 Å². The minimum Gasteiger partial charge on any atom is -0.479 e. The maximum Gasteiger partial charge on any atom is 0.334 e. The van der Waals surface area contributed by atoms with Gasteiger partial charge < -0.3 is 19.6 Å². The van der Waals surface area contributed by atoms with Crippen LogP contribution in [0.5, 0.6) is 0 Å². The van der Waals surface area contributed by atoms with Crippen molar-refractivity contribution < 1.29 is 19.4 Å². The highest BCUT2D eigenvalue weighted by Gasteiger charge is 2.28. The van der Waals surface area contributed by atoms with Crippen LogP contribution in [0.2, 0.25) is 0 Å². The Morgan fingerprint density at radius 2 is 2.19 bits per heavy atom. The fourth-order valence-electron chi connectivity index (χ4n) is 1.50. The Kier molecular flexibility index (Phi) is 4.70. The maximum absolute atomic E-state index is 11.7. The van der Waals surface area contributed by atoms with Gasteiger partial charge in [-0.15, -0.1) is 0 Å². The molecule has 0 bridgehead atoms. The highest BCUT2D eigenvalue weighted by atomic mass is 16.5. The Hall–Kier alpha value is -1.14. The zero-order valence-corrected chi connectivity index (χ0v) is 9.68. The van der Waals surface area contributed by atoms with Crippen molar-refractivity contribution in [1.29, 1.82) is 0 Å². The molecule has 0 radical (unpaired) electrons. The van der Waals surface area contributed by atoms with E-state index < -0.39 is 12.1 Å². The highest BCUT2D eigenvalue weighted by Crippen LogP contribution is 2.07. The van der Waals surface area contributed by atoms with E-state index in [-0.39, 0.29) is 12.5 Å². The molecule has 1 heterocycles. The van der Waals surface area contributed by atoms with Crippen LogP contribution in [0, 0.1) is 0 Å². The van der Waals surface area contributed by atoms with Gasteiger partial charge in [0.25, 0.3) is 0 Å². The molecule has 0 aliphatic carbocycles. The molecule has 1 rings (SSSR count). The smallest absolute Gasteiger partial charge is 0.334 e. The third kappa shape index (κ3) is 3.79.